The maximum Gasteiger partial charge on any atom is 0.269 e. The fourth-order valence-corrected chi connectivity index (χ4v) is 3.46. The lowest BCUT2D eigenvalue weighted by Gasteiger charge is -2.15. The third kappa shape index (κ3) is 5.88. The molecule has 8 heteroatoms. The van der Waals surface area contributed by atoms with E-state index in [-0.39, 0.29) is 5.69 Å². The lowest BCUT2D eigenvalue weighted by Crippen LogP contribution is -2.01. The SMILES string of the molecule is CCOc1cc(/C=C(/C#N)c2ccc([N+](=O)[O-])cc2)cc(Cl)c1OCc1ccc(Br)cc1. The first-order valence-corrected chi connectivity index (χ1v) is 10.8. The molecule has 0 heterocycles. The van der Waals surface area contributed by atoms with Crippen molar-refractivity contribution in [1.82, 2.24) is 0 Å². The van der Waals surface area contributed by atoms with Crippen molar-refractivity contribution >= 4 is 44.9 Å². The fourth-order valence-electron chi connectivity index (χ4n) is 2.92. The van der Waals surface area contributed by atoms with Gasteiger partial charge in [0.25, 0.3) is 5.69 Å². The predicted octanol–water partition coefficient (Wildman–Crippen LogP) is 7.05. The molecule has 0 fully saturated rings. The van der Waals surface area contributed by atoms with E-state index in [1.54, 1.807) is 18.2 Å². The average Bonchev–Trinajstić information content (AvgIpc) is 2.78. The molecule has 3 aromatic carbocycles. The lowest BCUT2D eigenvalue weighted by molar-refractivity contribution is -0.384. The van der Waals surface area contributed by atoms with Gasteiger partial charge in [0, 0.05) is 16.6 Å². The van der Waals surface area contributed by atoms with Gasteiger partial charge in [0.1, 0.15) is 6.61 Å². The minimum atomic E-state index is -0.485. The van der Waals surface area contributed by atoms with Gasteiger partial charge in [-0.15, -0.1) is 0 Å². The van der Waals surface area contributed by atoms with Gasteiger partial charge in [-0.3, -0.25) is 10.1 Å². The molecule has 162 valence electrons. The summed E-state index contributed by atoms with van der Waals surface area (Å²) in [5.41, 5.74) is 2.47. The van der Waals surface area contributed by atoms with Crippen LogP contribution in [0.15, 0.2) is 65.1 Å². The molecular formula is C24H18BrClN2O4. The zero-order chi connectivity index (χ0) is 23.1. The average molecular weight is 514 g/mol. The molecule has 0 saturated heterocycles. The quantitative estimate of drug-likeness (QED) is 0.139. The Morgan fingerprint density at radius 2 is 1.84 bits per heavy atom. The van der Waals surface area contributed by atoms with Gasteiger partial charge in [-0.25, -0.2) is 0 Å². The van der Waals surface area contributed by atoms with E-state index in [4.69, 9.17) is 21.1 Å². The Bertz CT molecular complexity index is 1190. The number of nitrogens with zero attached hydrogens (tertiary/aromatic N) is 2. The smallest absolute Gasteiger partial charge is 0.269 e. The minimum absolute atomic E-state index is 0.0417. The van der Waals surface area contributed by atoms with Crippen LogP contribution in [0.4, 0.5) is 5.69 Å². The second-order valence-corrected chi connectivity index (χ2v) is 7.97. The summed E-state index contributed by atoms with van der Waals surface area (Å²) in [6.45, 7) is 2.58. The lowest BCUT2D eigenvalue weighted by atomic mass is 10.0. The van der Waals surface area contributed by atoms with Crippen LogP contribution in [0.5, 0.6) is 11.5 Å². The number of benzene rings is 3. The van der Waals surface area contributed by atoms with Gasteiger partial charge in [-0.05, 0) is 66.1 Å². The molecule has 0 N–H and O–H groups in total. The zero-order valence-electron chi connectivity index (χ0n) is 17.0. The molecule has 0 aliphatic heterocycles. The van der Waals surface area contributed by atoms with E-state index >= 15 is 0 Å². The van der Waals surface area contributed by atoms with Gasteiger partial charge in [0.2, 0.25) is 0 Å². The summed E-state index contributed by atoms with van der Waals surface area (Å²) >= 11 is 9.90. The standard InChI is InChI=1S/C24H18BrClN2O4/c1-2-31-23-13-17(11-19(14-27)18-5-9-21(10-6-18)28(29)30)12-22(26)24(23)32-15-16-3-7-20(25)8-4-16/h3-13H,2,15H2,1H3/b19-11-. The Morgan fingerprint density at radius 1 is 1.16 bits per heavy atom. The van der Waals surface area contributed by atoms with Crippen LogP contribution in [0, 0.1) is 21.4 Å². The van der Waals surface area contributed by atoms with E-state index in [0.717, 1.165) is 10.0 Å². The van der Waals surface area contributed by atoms with Crippen LogP contribution in [0.1, 0.15) is 23.6 Å². The second kappa shape index (κ2) is 10.8. The summed E-state index contributed by atoms with van der Waals surface area (Å²) in [6.07, 6.45) is 1.65. The van der Waals surface area contributed by atoms with Crippen LogP contribution < -0.4 is 9.47 Å². The maximum atomic E-state index is 10.9. The van der Waals surface area contributed by atoms with E-state index < -0.39 is 4.92 Å². The van der Waals surface area contributed by atoms with Crippen molar-refractivity contribution in [2.75, 3.05) is 6.61 Å². The Morgan fingerprint density at radius 3 is 2.44 bits per heavy atom. The van der Waals surface area contributed by atoms with Crippen molar-refractivity contribution < 1.29 is 14.4 Å². The molecule has 0 radical (unpaired) electrons. The number of non-ortho nitro benzene ring substituents is 1. The summed E-state index contributed by atoms with van der Waals surface area (Å²) in [6, 6.07) is 19.1. The van der Waals surface area contributed by atoms with Gasteiger partial charge >= 0.3 is 0 Å². The second-order valence-electron chi connectivity index (χ2n) is 6.65. The Hall–Kier alpha value is -3.34. The fraction of sp³-hybridized carbons (Fsp3) is 0.125. The van der Waals surface area contributed by atoms with E-state index in [1.807, 2.05) is 31.2 Å². The van der Waals surface area contributed by atoms with Crippen molar-refractivity contribution in [2.24, 2.45) is 0 Å². The van der Waals surface area contributed by atoms with Crippen LogP contribution in [0.2, 0.25) is 5.02 Å². The van der Waals surface area contributed by atoms with Crippen molar-refractivity contribution in [1.29, 1.82) is 5.26 Å². The monoisotopic (exact) mass is 512 g/mol. The molecule has 0 unspecified atom stereocenters. The third-order valence-electron chi connectivity index (χ3n) is 4.45. The molecule has 0 amide bonds. The number of rotatable bonds is 8. The number of hydrogen-bond acceptors (Lipinski definition) is 5. The third-order valence-corrected chi connectivity index (χ3v) is 5.26. The van der Waals surface area contributed by atoms with Gasteiger partial charge < -0.3 is 9.47 Å². The van der Waals surface area contributed by atoms with Crippen LogP contribution in [0.25, 0.3) is 11.6 Å². The Balaban J connectivity index is 1.90. The van der Waals surface area contributed by atoms with Crippen molar-refractivity contribution in [3.05, 3.63) is 97.0 Å². The highest BCUT2D eigenvalue weighted by Gasteiger charge is 2.14. The topological polar surface area (TPSA) is 85.4 Å². The van der Waals surface area contributed by atoms with E-state index in [2.05, 4.69) is 22.0 Å². The number of nitriles is 1. The normalized spacial score (nSPS) is 11.0. The van der Waals surface area contributed by atoms with E-state index in [9.17, 15) is 15.4 Å². The molecule has 6 nitrogen and oxygen atoms in total. The molecule has 0 aromatic heterocycles. The molecule has 32 heavy (non-hydrogen) atoms. The number of ether oxygens (including phenoxy) is 2. The first-order chi connectivity index (χ1) is 15.4. The highest BCUT2D eigenvalue weighted by atomic mass is 79.9. The van der Waals surface area contributed by atoms with E-state index in [0.29, 0.717) is 46.4 Å². The molecule has 0 saturated carbocycles. The number of hydrogen-bond donors (Lipinski definition) is 0. The Labute approximate surface area is 198 Å². The summed E-state index contributed by atoms with van der Waals surface area (Å²) < 4.78 is 12.6. The molecule has 3 rings (SSSR count). The van der Waals surface area contributed by atoms with E-state index in [1.165, 1.54) is 24.3 Å². The van der Waals surface area contributed by atoms with Gasteiger partial charge in [-0.2, -0.15) is 5.26 Å². The largest absolute Gasteiger partial charge is 0.490 e. The summed E-state index contributed by atoms with van der Waals surface area (Å²) in [5.74, 6) is 0.881. The molecule has 0 aliphatic rings. The highest BCUT2D eigenvalue weighted by molar-refractivity contribution is 9.10. The van der Waals surface area contributed by atoms with Crippen molar-refractivity contribution in [2.45, 2.75) is 13.5 Å². The van der Waals surface area contributed by atoms with Crippen LogP contribution in [0.3, 0.4) is 0 Å². The number of allylic oxidation sites excluding steroid dienone is 1. The first-order valence-electron chi connectivity index (χ1n) is 9.61. The van der Waals surface area contributed by atoms with Crippen LogP contribution in [-0.4, -0.2) is 11.5 Å². The first kappa shape index (κ1) is 23.3. The molecule has 0 atom stereocenters. The summed E-state index contributed by atoms with van der Waals surface area (Å²) in [5, 5.41) is 20.8. The van der Waals surface area contributed by atoms with Gasteiger partial charge in [-0.1, -0.05) is 39.7 Å². The predicted molar refractivity (Wildman–Crippen MR) is 128 cm³/mol. The maximum absolute atomic E-state index is 10.9. The van der Waals surface area contributed by atoms with Crippen molar-refractivity contribution in [3.63, 3.8) is 0 Å². The molecule has 0 bridgehead atoms. The molecule has 0 spiro atoms. The molecular weight excluding hydrogens is 496 g/mol. The number of halogens is 2. The Kier molecular flexibility index (Phi) is 7.87. The minimum Gasteiger partial charge on any atom is -0.490 e. The highest BCUT2D eigenvalue weighted by Crippen LogP contribution is 2.38. The zero-order valence-corrected chi connectivity index (χ0v) is 19.4. The molecule has 3 aromatic rings. The number of nitro benzene ring substituents is 1. The summed E-state index contributed by atoms with van der Waals surface area (Å²) in [4.78, 5) is 10.4. The number of nitro groups is 1. The van der Waals surface area contributed by atoms with Crippen molar-refractivity contribution in [3.8, 4) is 17.6 Å². The molecule has 0 aliphatic carbocycles. The van der Waals surface area contributed by atoms with Gasteiger partial charge in [0.15, 0.2) is 11.5 Å². The van der Waals surface area contributed by atoms with Crippen LogP contribution in [-0.2, 0) is 6.61 Å². The van der Waals surface area contributed by atoms with Gasteiger partial charge in [0.05, 0.1) is 28.2 Å². The summed E-state index contributed by atoms with van der Waals surface area (Å²) in [7, 11) is 0. The van der Waals surface area contributed by atoms with Crippen LogP contribution >= 0.6 is 27.5 Å².